The summed E-state index contributed by atoms with van der Waals surface area (Å²) in [6.07, 6.45) is 0.0408. The molecule has 0 aliphatic carbocycles. The zero-order valence-electron chi connectivity index (χ0n) is 14.1. The molecule has 0 heterocycles. The third kappa shape index (κ3) is 6.10. The van der Waals surface area contributed by atoms with Gasteiger partial charge in [0.2, 0.25) is 17.7 Å². The number of nitrogens with two attached hydrogens (primary N) is 1. The first-order valence-electron chi connectivity index (χ1n) is 7.63. The highest BCUT2D eigenvalue weighted by atomic mass is 16.2. The average Bonchev–Trinajstić information content (AvgIpc) is 2.43. The van der Waals surface area contributed by atoms with Crippen LogP contribution in [-0.2, 0) is 14.4 Å². The van der Waals surface area contributed by atoms with Crippen molar-refractivity contribution in [2.24, 2.45) is 11.7 Å². The van der Waals surface area contributed by atoms with Crippen molar-refractivity contribution in [2.45, 2.75) is 46.2 Å². The second kappa shape index (κ2) is 8.31. The molecule has 0 radical (unpaired) electrons. The van der Waals surface area contributed by atoms with Crippen molar-refractivity contribution in [2.75, 3.05) is 0 Å². The first-order chi connectivity index (χ1) is 10.7. The summed E-state index contributed by atoms with van der Waals surface area (Å²) in [7, 11) is 0. The Hall–Kier alpha value is -2.37. The summed E-state index contributed by atoms with van der Waals surface area (Å²) >= 11 is 0. The minimum atomic E-state index is -0.724. The van der Waals surface area contributed by atoms with Gasteiger partial charge < -0.3 is 16.4 Å². The Bertz CT molecular complexity index is 567. The van der Waals surface area contributed by atoms with E-state index in [2.05, 4.69) is 10.6 Å². The zero-order valence-corrected chi connectivity index (χ0v) is 14.1. The molecule has 0 unspecified atom stereocenters. The van der Waals surface area contributed by atoms with E-state index in [0.717, 1.165) is 11.1 Å². The van der Waals surface area contributed by atoms with Gasteiger partial charge in [-0.05, 0) is 18.4 Å². The lowest BCUT2D eigenvalue weighted by molar-refractivity contribution is -0.129. The molecule has 4 N–H and O–H groups in total. The molecule has 3 amide bonds. The first-order valence-corrected chi connectivity index (χ1v) is 7.63. The summed E-state index contributed by atoms with van der Waals surface area (Å²) in [6.45, 7) is 6.98. The Morgan fingerprint density at radius 1 is 1.09 bits per heavy atom. The second-order valence-corrected chi connectivity index (χ2v) is 6.06. The van der Waals surface area contributed by atoms with Crippen LogP contribution in [-0.4, -0.2) is 23.8 Å². The molecule has 6 nitrogen and oxygen atoms in total. The van der Waals surface area contributed by atoms with Gasteiger partial charge in [-0.1, -0.05) is 43.7 Å². The standard InChI is InChI=1S/C17H25N3O3/c1-10(2)16(17(18)23)20-15(22)9-14(19-12(4)21)13-7-5-11(3)6-8-13/h5-8,10,14,16H,9H2,1-4H3,(H2,18,23)(H,19,21)(H,20,22)/t14-,16+/m0/s1. The quantitative estimate of drug-likeness (QED) is 0.703. The van der Waals surface area contributed by atoms with E-state index in [9.17, 15) is 14.4 Å². The van der Waals surface area contributed by atoms with Crippen LogP contribution in [0.3, 0.4) is 0 Å². The molecule has 2 atom stereocenters. The van der Waals surface area contributed by atoms with Crippen molar-refractivity contribution in [1.29, 1.82) is 0 Å². The topological polar surface area (TPSA) is 101 Å². The van der Waals surface area contributed by atoms with Crippen LogP contribution in [0.1, 0.15) is 44.4 Å². The van der Waals surface area contributed by atoms with Crippen molar-refractivity contribution in [3.8, 4) is 0 Å². The van der Waals surface area contributed by atoms with Crippen molar-refractivity contribution in [1.82, 2.24) is 10.6 Å². The smallest absolute Gasteiger partial charge is 0.240 e. The molecule has 126 valence electrons. The minimum absolute atomic E-state index is 0.0408. The van der Waals surface area contributed by atoms with Crippen LogP contribution in [0.2, 0.25) is 0 Å². The van der Waals surface area contributed by atoms with Gasteiger partial charge in [-0.25, -0.2) is 0 Å². The van der Waals surface area contributed by atoms with Crippen LogP contribution in [0.25, 0.3) is 0 Å². The van der Waals surface area contributed by atoms with Gasteiger partial charge >= 0.3 is 0 Å². The van der Waals surface area contributed by atoms with E-state index >= 15 is 0 Å². The molecule has 0 bridgehead atoms. The van der Waals surface area contributed by atoms with Gasteiger partial charge in [0, 0.05) is 6.92 Å². The van der Waals surface area contributed by atoms with Gasteiger partial charge in [-0.2, -0.15) is 0 Å². The molecule has 0 fully saturated rings. The Morgan fingerprint density at radius 2 is 1.65 bits per heavy atom. The Labute approximate surface area is 136 Å². The molecule has 0 spiro atoms. The fourth-order valence-electron chi connectivity index (χ4n) is 2.28. The molecule has 6 heteroatoms. The van der Waals surface area contributed by atoms with Crippen molar-refractivity contribution >= 4 is 17.7 Å². The third-order valence-corrected chi connectivity index (χ3v) is 3.54. The first kappa shape index (κ1) is 18.7. The molecule has 0 saturated carbocycles. The molecule has 1 aromatic carbocycles. The number of nitrogens with one attached hydrogen (secondary N) is 2. The van der Waals surface area contributed by atoms with E-state index < -0.39 is 18.0 Å². The lowest BCUT2D eigenvalue weighted by Gasteiger charge is -2.22. The molecular weight excluding hydrogens is 294 g/mol. The molecule has 0 aliphatic rings. The number of primary amides is 1. The molecule has 0 aromatic heterocycles. The highest BCUT2D eigenvalue weighted by Gasteiger charge is 2.24. The van der Waals surface area contributed by atoms with E-state index in [1.165, 1.54) is 6.92 Å². The van der Waals surface area contributed by atoms with Crippen LogP contribution < -0.4 is 16.4 Å². The fraction of sp³-hybridized carbons (Fsp3) is 0.471. The largest absolute Gasteiger partial charge is 0.368 e. The normalized spacial score (nSPS) is 13.3. The summed E-state index contributed by atoms with van der Waals surface area (Å²) in [4.78, 5) is 35.0. The molecule has 1 aromatic rings. The Kier molecular flexibility index (Phi) is 6.75. The number of hydrogen-bond acceptors (Lipinski definition) is 3. The van der Waals surface area contributed by atoms with E-state index in [4.69, 9.17) is 5.73 Å². The summed E-state index contributed by atoms with van der Waals surface area (Å²) in [6, 6.07) is 6.41. The van der Waals surface area contributed by atoms with Crippen LogP contribution >= 0.6 is 0 Å². The summed E-state index contributed by atoms with van der Waals surface area (Å²) in [5, 5.41) is 5.40. The number of aryl methyl sites for hydroxylation is 1. The van der Waals surface area contributed by atoms with E-state index in [1.54, 1.807) is 13.8 Å². The van der Waals surface area contributed by atoms with Crippen LogP contribution in [0.4, 0.5) is 0 Å². The Morgan fingerprint density at radius 3 is 2.09 bits per heavy atom. The SMILES string of the molecule is CC(=O)N[C@@H](CC(=O)N[C@@H](C(N)=O)C(C)C)c1ccc(C)cc1. The molecule has 0 saturated heterocycles. The highest BCUT2D eigenvalue weighted by Crippen LogP contribution is 2.18. The van der Waals surface area contributed by atoms with E-state index in [-0.39, 0.29) is 24.2 Å². The van der Waals surface area contributed by atoms with E-state index in [1.807, 2.05) is 31.2 Å². The summed E-state index contributed by atoms with van der Waals surface area (Å²) in [5.41, 5.74) is 7.23. The van der Waals surface area contributed by atoms with Gasteiger partial charge in [0.15, 0.2) is 0 Å². The molecule has 0 aliphatic heterocycles. The highest BCUT2D eigenvalue weighted by molar-refractivity contribution is 5.87. The van der Waals surface area contributed by atoms with Gasteiger partial charge in [-0.3, -0.25) is 14.4 Å². The predicted molar refractivity (Wildman–Crippen MR) is 88.3 cm³/mol. The predicted octanol–water partition coefficient (Wildman–Crippen LogP) is 1.19. The summed E-state index contributed by atoms with van der Waals surface area (Å²) < 4.78 is 0. The zero-order chi connectivity index (χ0) is 17.6. The average molecular weight is 319 g/mol. The van der Waals surface area contributed by atoms with Gasteiger partial charge in [0.25, 0.3) is 0 Å². The van der Waals surface area contributed by atoms with Crippen LogP contribution in [0.15, 0.2) is 24.3 Å². The van der Waals surface area contributed by atoms with Gasteiger partial charge in [0.05, 0.1) is 12.5 Å². The van der Waals surface area contributed by atoms with Crippen molar-refractivity contribution in [3.05, 3.63) is 35.4 Å². The minimum Gasteiger partial charge on any atom is -0.368 e. The summed E-state index contributed by atoms with van der Waals surface area (Å²) in [5.74, 6) is -1.23. The molecular formula is C17H25N3O3. The second-order valence-electron chi connectivity index (χ2n) is 6.06. The molecule has 23 heavy (non-hydrogen) atoms. The lowest BCUT2D eigenvalue weighted by Crippen LogP contribution is -2.48. The van der Waals surface area contributed by atoms with Crippen LogP contribution in [0, 0.1) is 12.8 Å². The van der Waals surface area contributed by atoms with E-state index in [0.29, 0.717) is 0 Å². The van der Waals surface area contributed by atoms with Crippen LogP contribution in [0.5, 0.6) is 0 Å². The third-order valence-electron chi connectivity index (χ3n) is 3.54. The number of benzene rings is 1. The number of amides is 3. The lowest BCUT2D eigenvalue weighted by atomic mass is 10.00. The monoisotopic (exact) mass is 319 g/mol. The van der Waals surface area contributed by atoms with Gasteiger partial charge in [0.1, 0.15) is 6.04 Å². The number of carbonyl (C=O) groups is 3. The number of carbonyl (C=O) groups excluding carboxylic acids is 3. The molecule has 1 rings (SSSR count). The fourth-order valence-corrected chi connectivity index (χ4v) is 2.28. The van der Waals surface area contributed by atoms with Crippen molar-refractivity contribution in [3.63, 3.8) is 0 Å². The maximum Gasteiger partial charge on any atom is 0.240 e. The number of hydrogen-bond donors (Lipinski definition) is 3. The maximum atomic E-state index is 12.2. The number of rotatable bonds is 7. The van der Waals surface area contributed by atoms with Crippen molar-refractivity contribution < 1.29 is 14.4 Å². The van der Waals surface area contributed by atoms with Gasteiger partial charge in [-0.15, -0.1) is 0 Å². The Balaban J connectivity index is 2.84. The maximum absolute atomic E-state index is 12.2.